The van der Waals surface area contributed by atoms with Crippen molar-refractivity contribution in [3.63, 3.8) is 0 Å². The fourth-order valence-electron chi connectivity index (χ4n) is 1.03. The lowest BCUT2D eigenvalue weighted by Crippen LogP contribution is -2.29. The van der Waals surface area contributed by atoms with Crippen molar-refractivity contribution >= 4 is 11.2 Å². The third kappa shape index (κ3) is 1.18. The average molecular weight is 199 g/mol. The molecule has 0 spiro atoms. The fraction of sp³-hybridized carbons (Fsp3) is 0. The van der Waals surface area contributed by atoms with Crippen molar-refractivity contribution in [3.05, 3.63) is 38.5 Å². The molecule has 0 atom stereocenters. The Morgan fingerprint density at radius 2 is 1.79 bits per heavy atom. The highest BCUT2D eigenvalue weighted by atomic mass is 19.1. The van der Waals surface area contributed by atoms with Gasteiger partial charge in [-0.05, 0) is 0 Å². The Morgan fingerprint density at radius 3 is 2.50 bits per heavy atom. The van der Waals surface area contributed by atoms with Gasteiger partial charge in [-0.2, -0.15) is 9.37 Å². The first-order chi connectivity index (χ1) is 6.58. The van der Waals surface area contributed by atoms with Gasteiger partial charge in [-0.1, -0.05) is 0 Å². The maximum Gasteiger partial charge on any atom is 0.315 e. The van der Waals surface area contributed by atoms with Gasteiger partial charge in [0.2, 0.25) is 5.95 Å². The van der Waals surface area contributed by atoms with Crippen molar-refractivity contribution in [2.45, 2.75) is 0 Å². The Kier molecular flexibility index (Phi) is 1.66. The molecule has 0 bridgehead atoms. The van der Waals surface area contributed by atoms with E-state index in [1.165, 1.54) is 0 Å². The number of nitrogens with zero attached hydrogens (tertiary/aromatic N) is 1. The Labute approximate surface area is 74.4 Å². The summed E-state index contributed by atoms with van der Waals surface area (Å²) in [5.41, 5.74) is -2.66. The fourth-order valence-corrected chi connectivity index (χ4v) is 1.03. The number of fused-ring (bicyclic) bond motifs is 1. The molecule has 0 fully saturated rings. The summed E-state index contributed by atoms with van der Waals surface area (Å²) in [5.74, 6) is -2.06. The van der Waals surface area contributed by atoms with Gasteiger partial charge in [-0.25, -0.2) is 4.39 Å². The molecule has 0 saturated carbocycles. The summed E-state index contributed by atoms with van der Waals surface area (Å²) < 4.78 is 25.6. The van der Waals surface area contributed by atoms with Gasteiger partial charge >= 0.3 is 11.1 Å². The van der Waals surface area contributed by atoms with Crippen LogP contribution in [0.25, 0.3) is 11.2 Å². The molecule has 0 amide bonds. The van der Waals surface area contributed by atoms with Crippen molar-refractivity contribution in [2.24, 2.45) is 0 Å². The van der Waals surface area contributed by atoms with Crippen LogP contribution in [0.3, 0.4) is 0 Å². The van der Waals surface area contributed by atoms with E-state index in [1.54, 1.807) is 0 Å². The van der Waals surface area contributed by atoms with Crippen molar-refractivity contribution in [3.8, 4) is 0 Å². The van der Waals surface area contributed by atoms with Crippen LogP contribution >= 0.6 is 0 Å². The molecule has 2 aromatic rings. The van der Waals surface area contributed by atoms with E-state index in [1.807, 2.05) is 9.97 Å². The predicted molar refractivity (Wildman–Crippen MR) is 42.9 cm³/mol. The third-order valence-corrected chi connectivity index (χ3v) is 1.62. The Balaban J connectivity index is 3.03. The molecule has 14 heavy (non-hydrogen) atoms. The molecule has 2 rings (SSSR count). The molecule has 0 aliphatic carbocycles. The Morgan fingerprint density at radius 1 is 1.14 bits per heavy atom. The second-order valence-electron chi connectivity index (χ2n) is 2.56. The van der Waals surface area contributed by atoms with Crippen molar-refractivity contribution < 1.29 is 8.78 Å². The lowest BCUT2D eigenvalue weighted by atomic mass is 10.4. The number of hydrogen-bond acceptors (Lipinski definition) is 3. The van der Waals surface area contributed by atoms with Gasteiger partial charge in [0.15, 0.2) is 11.5 Å². The van der Waals surface area contributed by atoms with Crippen LogP contribution in [0, 0.1) is 11.8 Å². The summed E-state index contributed by atoms with van der Waals surface area (Å²) in [7, 11) is 0. The highest BCUT2D eigenvalue weighted by molar-refractivity contribution is 5.69. The van der Waals surface area contributed by atoms with Crippen LogP contribution in [-0.2, 0) is 0 Å². The molecule has 2 N–H and O–H groups in total. The van der Waals surface area contributed by atoms with Crippen LogP contribution < -0.4 is 11.1 Å². The minimum absolute atomic E-state index is 0.323. The van der Waals surface area contributed by atoms with Crippen molar-refractivity contribution in [1.29, 1.82) is 0 Å². The smallest absolute Gasteiger partial charge is 0.312 e. The average Bonchev–Trinajstić information content (AvgIpc) is 2.08. The van der Waals surface area contributed by atoms with Crippen LogP contribution in [0.4, 0.5) is 8.78 Å². The summed E-state index contributed by atoms with van der Waals surface area (Å²) in [5, 5.41) is 0. The van der Waals surface area contributed by atoms with Gasteiger partial charge in [-0.15, -0.1) is 0 Å². The number of halogens is 2. The van der Waals surface area contributed by atoms with Gasteiger partial charge in [-0.3, -0.25) is 9.59 Å². The predicted octanol–water partition coefficient (Wildman–Crippen LogP) is -0.110. The van der Waals surface area contributed by atoms with Crippen LogP contribution in [0.5, 0.6) is 0 Å². The standard InChI is InChI=1S/C7H3F2N3O2/c8-2-1-3(9)10-5-4(2)11-6(13)7(14)12-5/h1H,(H,11,13)(H,10,12,14). The molecule has 5 nitrogen and oxygen atoms in total. The molecule has 72 valence electrons. The quantitative estimate of drug-likeness (QED) is 0.459. The monoisotopic (exact) mass is 199 g/mol. The van der Waals surface area contributed by atoms with Gasteiger partial charge in [0.1, 0.15) is 5.52 Å². The van der Waals surface area contributed by atoms with Gasteiger partial charge < -0.3 is 9.97 Å². The SMILES string of the molecule is O=c1[nH]c2nc(F)cc(F)c2[nH]c1=O. The molecule has 0 unspecified atom stereocenters. The summed E-state index contributed by atoms with van der Waals surface area (Å²) in [4.78, 5) is 28.7. The van der Waals surface area contributed by atoms with E-state index in [0.717, 1.165) is 0 Å². The lowest BCUT2D eigenvalue weighted by Gasteiger charge is -1.97. The summed E-state index contributed by atoms with van der Waals surface area (Å²) in [6, 6.07) is 0.511. The molecule has 0 aromatic carbocycles. The molecule has 0 aliphatic heterocycles. The Bertz CT molecular complexity index is 616. The molecule has 7 heteroatoms. The van der Waals surface area contributed by atoms with E-state index in [2.05, 4.69) is 4.98 Å². The summed E-state index contributed by atoms with van der Waals surface area (Å²) in [6.45, 7) is 0. The molecule has 0 radical (unpaired) electrons. The normalized spacial score (nSPS) is 10.7. The maximum atomic E-state index is 13.0. The molecular formula is C7H3F2N3O2. The van der Waals surface area contributed by atoms with Crippen LogP contribution in [0.15, 0.2) is 15.7 Å². The second kappa shape index (κ2) is 2.72. The minimum atomic E-state index is -1.07. The maximum absolute atomic E-state index is 13.0. The van der Waals surface area contributed by atoms with E-state index in [4.69, 9.17) is 0 Å². The van der Waals surface area contributed by atoms with E-state index in [-0.39, 0.29) is 11.2 Å². The molecule has 0 saturated heterocycles. The first-order valence-electron chi connectivity index (χ1n) is 3.56. The van der Waals surface area contributed by atoms with Crippen molar-refractivity contribution in [1.82, 2.24) is 15.0 Å². The highest BCUT2D eigenvalue weighted by Gasteiger charge is 2.07. The first-order valence-corrected chi connectivity index (χ1v) is 3.56. The van der Waals surface area contributed by atoms with Gasteiger partial charge in [0, 0.05) is 6.07 Å². The minimum Gasteiger partial charge on any atom is -0.312 e. The summed E-state index contributed by atoms with van der Waals surface area (Å²) >= 11 is 0. The summed E-state index contributed by atoms with van der Waals surface area (Å²) in [6.07, 6.45) is 0. The van der Waals surface area contributed by atoms with Crippen LogP contribution in [0.2, 0.25) is 0 Å². The number of aromatic nitrogens is 3. The third-order valence-electron chi connectivity index (χ3n) is 1.62. The van der Waals surface area contributed by atoms with Crippen molar-refractivity contribution in [2.75, 3.05) is 0 Å². The number of nitrogens with one attached hydrogen (secondary N) is 2. The van der Waals surface area contributed by atoms with E-state index < -0.39 is 22.9 Å². The topological polar surface area (TPSA) is 78.6 Å². The second-order valence-corrected chi connectivity index (χ2v) is 2.56. The van der Waals surface area contributed by atoms with Crippen LogP contribution in [-0.4, -0.2) is 15.0 Å². The number of hydrogen-bond donors (Lipinski definition) is 2. The van der Waals surface area contributed by atoms with E-state index in [9.17, 15) is 18.4 Å². The largest absolute Gasteiger partial charge is 0.315 e. The zero-order valence-electron chi connectivity index (χ0n) is 6.60. The number of rotatable bonds is 0. The molecular weight excluding hydrogens is 196 g/mol. The zero-order valence-corrected chi connectivity index (χ0v) is 6.60. The first kappa shape index (κ1) is 8.54. The zero-order chi connectivity index (χ0) is 10.3. The number of H-pyrrole nitrogens is 2. The van der Waals surface area contributed by atoms with E-state index >= 15 is 0 Å². The van der Waals surface area contributed by atoms with Crippen LogP contribution in [0.1, 0.15) is 0 Å². The van der Waals surface area contributed by atoms with Gasteiger partial charge in [0.25, 0.3) is 0 Å². The number of pyridine rings is 1. The van der Waals surface area contributed by atoms with Gasteiger partial charge in [0.05, 0.1) is 0 Å². The lowest BCUT2D eigenvalue weighted by molar-refractivity contribution is 0.559. The molecule has 2 heterocycles. The number of aromatic amines is 2. The highest BCUT2D eigenvalue weighted by Crippen LogP contribution is 2.08. The molecule has 2 aromatic heterocycles. The Hall–Kier alpha value is -2.05. The van der Waals surface area contributed by atoms with E-state index in [0.29, 0.717) is 6.07 Å². The molecule has 0 aliphatic rings.